The Labute approximate surface area is 152 Å². The maximum Gasteiger partial charge on any atom is 0.252 e. The average molecular weight is 354 g/mol. The molecule has 3 rings (SSSR count). The summed E-state index contributed by atoms with van der Waals surface area (Å²) in [6.45, 7) is 3.95. The summed E-state index contributed by atoms with van der Waals surface area (Å²) in [4.78, 5) is 32.9. The Morgan fingerprint density at radius 1 is 1.15 bits per heavy atom. The van der Waals surface area contributed by atoms with E-state index in [2.05, 4.69) is 30.2 Å². The van der Waals surface area contributed by atoms with Crippen LogP contribution in [0.1, 0.15) is 10.4 Å². The first-order valence-electron chi connectivity index (χ1n) is 8.49. The summed E-state index contributed by atoms with van der Waals surface area (Å²) < 4.78 is 0. The van der Waals surface area contributed by atoms with Gasteiger partial charge in [0.05, 0.1) is 12.1 Å². The fourth-order valence-electron chi connectivity index (χ4n) is 2.63. The molecule has 2 aromatic heterocycles. The van der Waals surface area contributed by atoms with E-state index in [9.17, 15) is 4.79 Å². The van der Waals surface area contributed by atoms with Gasteiger partial charge in [-0.3, -0.25) is 14.8 Å². The van der Waals surface area contributed by atoms with Gasteiger partial charge < -0.3 is 20.9 Å². The van der Waals surface area contributed by atoms with Crippen LogP contribution in [0.3, 0.4) is 0 Å². The van der Waals surface area contributed by atoms with Crippen LogP contribution in [0.15, 0.2) is 48.0 Å². The molecule has 1 saturated heterocycles. The van der Waals surface area contributed by atoms with Gasteiger partial charge in [-0.25, -0.2) is 9.97 Å². The molecule has 9 heteroatoms. The highest BCUT2D eigenvalue weighted by Gasteiger charge is 2.19. The molecular formula is C17H22N8O. The van der Waals surface area contributed by atoms with Crippen molar-refractivity contribution >= 4 is 17.8 Å². The predicted molar refractivity (Wildman–Crippen MR) is 98.9 cm³/mol. The zero-order valence-electron chi connectivity index (χ0n) is 14.5. The molecule has 1 fully saturated rings. The molecule has 0 aliphatic carbocycles. The summed E-state index contributed by atoms with van der Waals surface area (Å²) >= 11 is 0. The minimum atomic E-state index is -0.164. The second kappa shape index (κ2) is 8.75. The first-order chi connectivity index (χ1) is 12.7. The molecule has 0 unspecified atom stereocenters. The maximum atomic E-state index is 11.9. The quantitative estimate of drug-likeness (QED) is 0.432. The molecule has 0 radical (unpaired) electrons. The van der Waals surface area contributed by atoms with Crippen molar-refractivity contribution in [3.8, 4) is 0 Å². The van der Waals surface area contributed by atoms with Crippen LogP contribution in [-0.4, -0.2) is 71.0 Å². The van der Waals surface area contributed by atoms with Gasteiger partial charge in [0.25, 0.3) is 5.91 Å². The third kappa shape index (κ3) is 4.65. The van der Waals surface area contributed by atoms with Gasteiger partial charge in [0.2, 0.25) is 5.95 Å². The molecule has 1 amide bonds. The van der Waals surface area contributed by atoms with Gasteiger partial charge in [0.1, 0.15) is 0 Å². The molecule has 26 heavy (non-hydrogen) atoms. The number of amides is 1. The Morgan fingerprint density at radius 3 is 2.62 bits per heavy atom. The molecule has 1 aliphatic rings. The van der Waals surface area contributed by atoms with Crippen molar-refractivity contribution in [3.05, 3.63) is 48.5 Å². The largest absolute Gasteiger partial charge is 0.370 e. The van der Waals surface area contributed by atoms with E-state index in [0.29, 0.717) is 24.6 Å². The molecule has 0 aromatic carbocycles. The van der Waals surface area contributed by atoms with E-state index in [4.69, 9.17) is 5.73 Å². The topological polar surface area (TPSA) is 113 Å². The Hall–Kier alpha value is -3.23. The second-order valence-electron chi connectivity index (χ2n) is 5.76. The SMILES string of the molecule is NC(=NCCNC(=O)c1cccnc1)N1CCN(c2ncccn2)CC1. The number of piperazine rings is 1. The highest BCUT2D eigenvalue weighted by Crippen LogP contribution is 2.09. The average Bonchev–Trinajstić information content (AvgIpc) is 2.72. The number of carbonyl (C=O) groups excluding carboxylic acids is 1. The Bertz CT molecular complexity index is 729. The Balaban J connectivity index is 1.41. The van der Waals surface area contributed by atoms with Crippen LogP contribution in [-0.2, 0) is 0 Å². The zero-order valence-corrected chi connectivity index (χ0v) is 14.5. The van der Waals surface area contributed by atoms with Crippen LogP contribution in [0.2, 0.25) is 0 Å². The number of aliphatic imine (C=N–C) groups is 1. The van der Waals surface area contributed by atoms with E-state index in [0.717, 1.165) is 32.1 Å². The van der Waals surface area contributed by atoms with Crippen molar-refractivity contribution in [3.63, 3.8) is 0 Å². The van der Waals surface area contributed by atoms with E-state index in [-0.39, 0.29) is 5.91 Å². The number of rotatable bonds is 5. The minimum absolute atomic E-state index is 0.164. The zero-order chi connectivity index (χ0) is 18.2. The molecule has 2 aromatic rings. The number of nitrogens with two attached hydrogens (primary N) is 1. The summed E-state index contributed by atoms with van der Waals surface area (Å²) in [5.74, 6) is 1.07. The van der Waals surface area contributed by atoms with Crippen LogP contribution < -0.4 is 16.0 Å². The van der Waals surface area contributed by atoms with E-state index in [1.807, 2.05) is 4.90 Å². The second-order valence-corrected chi connectivity index (χ2v) is 5.76. The molecule has 0 spiro atoms. The first-order valence-corrected chi connectivity index (χ1v) is 8.49. The normalized spacial score (nSPS) is 15.0. The first kappa shape index (κ1) is 17.6. The molecule has 0 saturated carbocycles. The number of guanidine groups is 1. The lowest BCUT2D eigenvalue weighted by molar-refractivity contribution is 0.0954. The van der Waals surface area contributed by atoms with Crippen LogP contribution >= 0.6 is 0 Å². The van der Waals surface area contributed by atoms with Gasteiger partial charge in [-0.15, -0.1) is 0 Å². The number of anilines is 1. The van der Waals surface area contributed by atoms with Crippen molar-refractivity contribution < 1.29 is 4.79 Å². The summed E-state index contributed by atoms with van der Waals surface area (Å²) in [6.07, 6.45) is 6.64. The van der Waals surface area contributed by atoms with Crippen molar-refractivity contribution in [1.82, 2.24) is 25.2 Å². The smallest absolute Gasteiger partial charge is 0.252 e. The Kier molecular flexibility index (Phi) is 5.92. The van der Waals surface area contributed by atoms with Crippen molar-refractivity contribution in [2.24, 2.45) is 10.7 Å². The van der Waals surface area contributed by atoms with Gasteiger partial charge >= 0.3 is 0 Å². The van der Waals surface area contributed by atoms with Crippen molar-refractivity contribution in [1.29, 1.82) is 0 Å². The van der Waals surface area contributed by atoms with Crippen molar-refractivity contribution in [2.75, 3.05) is 44.2 Å². The summed E-state index contributed by atoms with van der Waals surface area (Å²) in [5, 5.41) is 2.80. The van der Waals surface area contributed by atoms with E-state index in [1.54, 1.807) is 36.8 Å². The molecule has 3 N–H and O–H groups in total. The van der Waals surface area contributed by atoms with Gasteiger partial charge in [0, 0.05) is 57.5 Å². The summed E-state index contributed by atoms with van der Waals surface area (Å²) in [5.41, 5.74) is 6.60. The highest BCUT2D eigenvalue weighted by molar-refractivity contribution is 5.93. The standard InChI is InChI=1S/C17H22N8O/c18-16(21-8-7-20-15(26)14-3-1-4-19-13-14)24-9-11-25(12-10-24)17-22-5-2-6-23-17/h1-6,13H,7-12H2,(H2,18,21)(H,20,26). The maximum absolute atomic E-state index is 11.9. The number of aromatic nitrogens is 3. The molecule has 1 aliphatic heterocycles. The van der Waals surface area contributed by atoms with E-state index < -0.39 is 0 Å². The number of pyridine rings is 1. The van der Waals surface area contributed by atoms with Crippen molar-refractivity contribution in [2.45, 2.75) is 0 Å². The van der Waals surface area contributed by atoms with Gasteiger partial charge in [0.15, 0.2) is 5.96 Å². The highest BCUT2D eigenvalue weighted by atomic mass is 16.1. The van der Waals surface area contributed by atoms with Crippen LogP contribution in [0, 0.1) is 0 Å². The minimum Gasteiger partial charge on any atom is -0.370 e. The van der Waals surface area contributed by atoms with Crippen LogP contribution in [0.25, 0.3) is 0 Å². The Morgan fingerprint density at radius 2 is 1.92 bits per heavy atom. The molecule has 0 atom stereocenters. The van der Waals surface area contributed by atoms with Gasteiger partial charge in [-0.05, 0) is 18.2 Å². The van der Waals surface area contributed by atoms with Gasteiger partial charge in [-0.1, -0.05) is 0 Å². The molecule has 136 valence electrons. The lowest BCUT2D eigenvalue weighted by Crippen LogP contribution is -2.51. The number of hydrogen-bond donors (Lipinski definition) is 2. The number of carbonyl (C=O) groups is 1. The predicted octanol–water partition coefficient (Wildman–Crippen LogP) is -0.262. The third-order valence-electron chi connectivity index (χ3n) is 4.03. The monoisotopic (exact) mass is 354 g/mol. The fourth-order valence-corrected chi connectivity index (χ4v) is 2.63. The van der Waals surface area contributed by atoms with Gasteiger partial charge in [-0.2, -0.15) is 0 Å². The van der Waals surface area contributed by atoms with Crippen LogP contribution in [0.4, 0.5) is 5.95 Å². The number of hydrogen-bond acceptors (Lipinski definition) is 6. The fraction of sp³-hybridized carbons (Fsp3) is 0.353. The van der Waals surface area contributed by atoms with E-state index in [1.165, 1.54) is 6.20 Å². The third-order valence-corrected chi connectivity index (χ3v) is 4.03. The number of nitrogens with one attached hydrogen (secondary N) is 1. The van der Waals surface area contributed by atoms with E-state index >= 15 is 0 Å². The molecular weight excluding hydrogens is 332 g/mol. The molecule has 9 nitrogen and oxygen atoms in total. The molecule has 0 bridgehead atoms. The number of nitrogens with zero attached hydrogens (tertiary/aromatic N) is 6. The molecule has 3 heterocycles. The van der Waals surface area contributed by atoms with Crippen LogP contribution in [0.5, 0.6) is 0 Å². The summed E-state index contributed by atoms with van der Waals surface area (Å²) in [7, 11) is 0. The lowest BCUT2D eigenvalue weighted by atomic mass is 10.3. The lowest BCUT2D eigenvalue weighted by Gasteiger charge is -2.35. The summed E-state index contributed by atoms with van der Waals surface area (Å²) in [6, 6.07) is 5.25.